The van der Waals surface area contributed by atoms with Crippen LogP contribution < -0.4 is 16.6 Å². The molecule has 35 heavy (non-hydrogen) atoms. The number of benzene rings is 2. The number of fused-ring (bicyclic) bond motifs is 1. The van der Waals surface area contributed by atoms with Crippen LogP contribution in [0.5, 0.6) is 0 Å². The number of anilines is 2. The highest BCUT2D eigenvalue weighted by atomic mass is 19.1. The van der Waals surface area contributed by atoms with E-state index in [4.69, 9.17) is 15.1 Å². The summed E-state index contributed by atoms with van der Waals surface area (Å²) in [5.74, 6) is 0.607. The van der Waals surface area contributed by atoms with Crippen molar-refractivity contribution in [3.63, 3.8) is 0 Å². The lowest BCUT2D eigenvalue weighted by Crippen LogP contribution is -2.29. The van der Waals surface area contributed by atoms with Crippen LogP contribution in [0.4, 0.5) is 16.0 Å². The SMILES string of the molecule is CC[C@H](Nc1ncnc(N)c1-c1nc(C)co1)c1nc2cccc(F)c2c(=O)n1-c1ccccc1. The third-order valence-corrected chi connectivity index (χ3v) is 5.63. The van der Waals surface area contributed by atoms with Gasteiger partial charge in [0.25, 0.3) is 5.56 Å². The molecule has 0 spiro atoms. The van der Waals surface area contributed by atoms with Crippen LogP contribution in [-0.2, 0) is 0 Å². The quantitative estimate of drug-likeness (QED) is 0.373. The number of nitrogens with two attached hydrogens (primary N) is 1. The topological polar surface area (TPSA) is 125 Å². The Morgan fingerprint density at radius 3 is 2.63 bits per heavy atom. The van der Waals surface area contributed by atoms with E-state index >= 15 is 0 Å². The van der Waals surface area contributed by atoms with Gasteiger partial charge in [0, 0.05) is 0 Å². The highest BCUT2D eigenvalue weighted by molar-refractivity contribution is 5.80. The number of nitrogen functional groups attached to an aromatic ring is 1. The first-order valence-electron chi connectivity index (χ1n) is 11.0. The van der Waals surface area contributed by atoms with Crippen LogP contribution in [0.15, 0.2) is 70.3 Å². The zero-order valence-electron chi connectivity index (χ0n) is 19.1. The van der Waals surface area contributed by atoms with Gasteiger partial charge in [-0.05, 0) is 37.6 Å². The van der Waals surface area contributed by atoms with Crippen LogP contribution in [0.3, 0.4) is 0 Å². The smallest absolute Gasteiger partial charge is 0.269 e. The number of halogens is 1. The van der Waals surface area contributed by atoms with Crippen molar-refractivity contribution in [3.05, 3.63) is 88.8 Å². The number of aromatic nitrogens is 5. The van der Waals surface area contributed by atoms with Crippen molar-refractivity contribution < 1.29 is 8.81 Å². The molecular weight excluding hydrogens is 449 g/mol. The van der Waals surface area contributed by atoms with Crippen molar-refractivity contribution in [3.8, 4) is 17.1 Å². The first-order chi connectivity index (χ1) is 17.0. The maximum atomic E-state index is 14.7. The van der Waals surface area contributed by atoms with E-state index in [0.717, 1.165) is 0 Å². The average molecular weight is 471 g/mol. The van der Waals surface area contributed by atoms with Crippen LogP contribution in [0, 0.1) is 12.7 Å². The maximum absolute atomic E-state index is 14.7. The van der Waals surface area contributed by atoms with Gasteiger partial charge in [-0.15, -0.1) is 0 Å². The van der Waals surface area contributed by atoms with E-state index in [1.165, 1.54) is 29.3 Å². The molecule has 0 aliphatic heterocycles. The predicted molar refractivity (Wildman–Crippen MR) is 131 cm³/mol. The maximum Gasteiger partial charge on any atom is 0.269 e. The lowest BCUT2D eigenvalue weighted by molar-refractivity contribution is 0.573. The zero-order valence-corrected chi connectivity index (χ0v) is 19.1. The molecule has 3 N–H and O–H groups in total. The Labute approximate surface area is 199 Å². The molecule has 3 aromatic heterocycles. The minimum absolute atomic E-state index is 0.0720. The van der Waals surface area contributed by atoms with Gasteiger partial charge < -0.3 is 15.5 Å². The summed E-state index contributed by atoms with van der Waals surface area (Å²) in [6.07, 6.45) is 3.36. The number of hydrogen-bond donors (Lipinski definition) is 2. The molecule has 0 amide bonds. The Morgan fingerprint density at radius 2 is 1.91 bits per heavy atom. The van der Waals surface area contributed by atoms with E-state index in [0.29, 0.717) is 35.0 Å². The molecule has 0 aliphatic rings. The molecule has 10 heteroatoms. The monoisotopic (exact) mass is 471 g/mol. The number of aryl methyl sites for hydroxylation is 1. The summed E-state index contributed by atoms with van der Waals surface area (Å²) in [5.41, 5.74) is 7.56. The van der Waals surface area contributed by atoms with Crippen LogP contribution >= 0.6 is 0 Å². The summed E-state index contributed by atoms with van der Waals surface area (Å²) >= 11 is 0. The van der Waals surface area contributed by atoms with Crippen molar-refractivity contribution in [2.24, 2.45) is 0 Å². The van der Waals surface area contributed by atoms with Gasteiger partial charge in [0.2, 0.25) is 5.89 Å². The summed E-state index contributed by atoms with van der Waals surface area (Å²) in [6.45, 7) is 3.74. The summed E-state index contributed by atoms with van der Waals surface area (Å²) in [6, 6.07) is 12.9. The molecule has 0 fully saturated rings. The molecule has 9 nitrogen and oxygen atoms in total. The second-order valence-corrected chi connectivity index (χ2v) is 7.96. The van der Waals surface area contributed by atoms with E-state index in [9.17, 15) is 9.18 Å². The number of nitrogens with zero attached hydrogens (tertiary/aromatic N) is 5. The number of para-hydroxylation sites is 1. The number of oxazole rings is 1. The summed E-state index contributed by atoms with van der Waals surface area (Å²) in [7, 11) is 0. The Bertz CT molecular complexity index is 1580. The van der Waals surface area contributed by atoms with Crippen LogP contribution in [0.1, 0.15) is 30.9 Å². The Hall–Kier alpha value is -4.60. The van der Waals surface area contributed by atoms with Crippen LogP contribution in [0.25, 0.3) is 28.0 Å². The highest BCUT2D eigenvalue weighted by Gasteiger charge is 2.24. The number of nitrogens with one attached hydrogen (secondary N) is 1. The highest BCUT2D eigenvalue weighted by Crippen LogP contribution is 2.33. The zero-order chi connectivity index (χ0) is 24.5. The van der Waals surface area contributed by atoms with Gasteiger partial charge in [-0.25, -0.2) is 24.3 Å². The van der Waals surface area contributed by atoms with Crippen molar-refractivity contribution in [2.75, 3.05) is 11.1 Å². The fourth-order valence-corrected chi connectivity index (χ4v) is 3.97. The largest absolute Gasteiger partial charge is 0.444 e. The van der Waals surface area contributed by atoms with E-state index in [1.807, 2.05) is 13.0 Å². The van der Waals surface area contributed by atoms with E-state index in [1.54, 1.807) is 37.3 Å². The fourth-order valence-electron chi connectivity index (χ4n) is 3.97. The second-order valence-electron chi connectivity index (χ2n) is 7.96. The van der Waals surface area contributed by atoms with Gasteiger partial charge in [0.1, 0.15) is 46.8 Å². The molecule has 0 bridgehead atoms. The van der Waals surface area contributed by atoms with Gasteiger partial charge in [0.15, 0.2) is 0 Å². The molecular formula is C25H22FN7O2. The van der Waals surface area contributed by atoms with Crippen molar-refractivity contribution in [1.29, 1.82) is 0 Å². The standard InChI is InChI=1S/C25H22FN7O2/c1-3-17(31-22-20(21(27)28-13-29-22)24-30-14(2)12-35-24)23-32-18-11-7-10-16(26)19(18)25(34)33(23)15-8-5-4-6-9-15/h4-13,17H,3H2,1-2H3,(H3,27,28,29,31)/t17-/m0/s1. The molecule has 0 aliphatic carbocycles. The van der Waals surface area contributed by atoms with Gasteiger partial charge in [-0.2, -0.15) is 0 Å². The van der Waals surface area contributed by atoms with Crippen molar-refractivity contribution in [1.82, 2.24) is 24.5 Å². The molecule has 2 aromatic carbocycles. The first kappa shape index (κ1) is 22.2. The molecule has 5 aromatic rings. The van der Waals surface area contributed by atoms with Crippen molar-refractivity contribution >= 4 is 22.5 Å². The van der Waals surface area contributed by atoms with E-state index in [2.05, 4.69) is 20.3 Å². The van der Waals surface area contributed by atoms with E-state index in [-0.39, 0.29) is 22.6 Å². The minimum Gasteiger partial charge on any atom is -0.444 e. The Morgan fingerprint density at radius 1 is 1.11 bits per heavy atom. The molecule has 5 rings (SSSR count). The second kappa shape index (κ2) is 8.98. The molecule has 0 radical (unpaired) electrons. The molecule has 1 atom stereocenters. The normalized spacial score (nSPS) is 12.1. The Kier molecular flexibility index (Phi) is 5.69. The predicted octanol–water partition coefficient (Wildman–Crippen LogP) is 4.42. The lowest BCUT2D eigenvalue weighted by Gasteiger charge is -2.23. The lowest BCUT2D eigenvalue weighted by atomic mass is 10.1. The molecule has 0 saturated heterocycles. The van der Waals surface area contributed by atoms with Gasteiger partial charge in [0.05, 0.1) is 22.9 Å². The minimum atomic E-state index is -0.623. The first-order valence-corrected chi connectivity index (χ1v) is 11.0. The van der Waals surface area contributed by atoms with Gasteiger partial charge >= 0.3 is 0 Å². The summed E-state index contributed by atoms with van der Waals surface area (Å²) < 4.78 is 21.6. The van der Waals surface area contributed by atoms with Crippen molar-refractivity contribution in [2.45, 2.75) is 26.3 Å². The molecule has 3 heterocycles. The fraction of sp³-hybridized carbons (Fsp3) is 0.160. The number of rotatable bonds is 6. The average Bonchev–Trinajstić information content (AvgIpc) is 3.28. The van der Waals surface area contributed by atoms with E-state index < -0.39 is 17.4 Å². The van der Waals surface area contributed by atoms with Crippen LogP contribution in [0.2, 0.25) is 0 Å². The Balaban J connectivity index is 1.71. The third-order valence-electron chi connectivity index (χ3n) is 5.63. The molecule has 176 valence electrons. The van der Waals surface area contributed by atoms with Gasteiger partial charge in [-0.3, -0.25) is 9.36 Å². The summed E-state index contributed by atoms with van der Waals surface area (Å²) in [5, 5.41) is 3.26. The molecule has 0 saturated carbocycles. The summed E-state index contributed by atoms with van der Waals surface area (Å²) in [4.78, 5) is 31.1. The molecule has 0 unspecified atom stereocenters. The third kappa shape index (κ3) is 3.99. The number of hydrogen-bond acceptors (Lipinski definition) is 8. The van der Waals surface area contributed by atoms with Crippen LogP contribution in [-0.4, -0.2) is 24.5 Å². The van der Waals surface area contributed by atoms with Gasteiger partial charge in [-0.1, -0.05) is 31.2 Å².